The van der Waals surface area contributed by atoms with Crippen LogP contribution in [0.1, 0.15) is 24.6 Å². The number of piperidine rings is 1. The first-order valence-electron chi connectivity index (χ1n) is 8.47. The number of hydrogen-bond donors (Lipinski definition) is 1. The van der Waals surface area contributed by atoms with E-state index in [4.69, 9.17) is 10.5 Å². The van der Waals surface area contributed by atoms with Crippen molar-refractivity contribution in [2.75, 3.05) is 37.4 Å². The summed E-state index contributed by atoms with van der Waals surface area (Å²) in [4.78, 5) is 11.4. The number of nitrogens with zero attached hydrogens (tertiary/aromatic N) is 7. The molecule has 0 saturated carbocycles. The Morgan fingerprint density at radius 1 is 1.40 bits per heavy atom. The van der Waals surface area contributed by atoms with Crippen molar-refractivity contribution in [3.8, 4) is 0 Å². The molecule has 3 aromatic heterocycles. The van der Waals surface area contributed by atoms with Gasteiger partial charge < -0.3 is 19.9 Å². The predicted molar refractivity (Wildman–Crippen MR) is 93.5 cm³/mol. The lowest BCUT2D eigenvalue weighted by molar-refractivity contribution is 0.185. The summed E-state index contributed by atoms with van der Waals surface area (Å²) in [6, 6.07) is 1.93. The van der Waals surface area contributed by atoms with Gasteiger partial charge in [-0.3, -0.25) is 4.40 Å². The zero-order chi connectivity index (χ0) is 17.2. The molecular weight excluding hydrogens is 320 g/mol. The van der Waals surface area contributed by atoms with Crippen LogP contribution in [0.4, 0.5) is 11.8 Å². The van der Waals surface area contributed by atoms with E-state index in [0.717, 1.165) is 44.1 Å². The second kappa shape index (κ2) is 6.67. The summed E-state index contributed by atoms with van der Waals surface area (Å²) in [5, 5.41) is 7.98. The Bertz CT molecular complexity index is 857. The number of nitrogen functional groups attached to an aromatic ring is 1. The van der Waals surface area contributed by atoms with Crippen LogP contribution in [-0.4, -0.2) is 55.9 Å². The average molecular weight is 342 g/mol. The zero-order valence-electron chi connectivity index (χ0n) is 14.2. The maximum atomic E-state index is 6.03. The topological polar surface area (TPSA) is 99.4 Å². The molecule has 4 rings (SSSR count). The maximum Gasteiger partial charge on any atom is 0.209 e. The maximum absolute atomic E-state index is 6.03. The van der Waals surface area contributed by atoms with E-state index in [1.165, 1.54) is 0 Å². The van der Waals surface area contributed by atoms with Crippen LogP contribution in [0.25, 0.3) is 5.65 Å². The van der Waals surface area contributed by atoms with E-state index < -0.39 is 0 Å². The lowest BCUT2D eigenvalue weighted by atomic mass is 9.97. The van der Waals surface area contributed by atoms with E-state index in [2.05, 4.69) is 29.6 Å². The highest BCUT2D eigenvalue weighted by atomic mass is 16.5. The molecule has 9 nitrogen and oxygen atoms in total. The van der Waals surface area contributed by atoms with Crippen molar-refractivity contribution < 1.29 is 4.74 Å². The monoisotopic (exact) mass is 342 g/mol. The molecule has 1 aliphatic rings. The first kappa shape index (κ1) is 15.8. The Kier molecular flexibility index (Phi) is 4.22. The van der Waals surface area contributed by atoms with Gasteiger partial charge in [-0.05, 0) is 12.8 Å². The Morgan fingerprint density at radius 3 is 3.20 bits per heavy atom. The first-order valence-corrected chi connectivity index (χ1v) is 8.47. The van der Waals surface area contributed by atoms with Crippen molar-refractivity contribution in [3.05, 3.63) is 30.6 Å². The van der Waals surface area contributed by atoms with Gasteiger partial charge in [0.05, 0.1) is 6.61 Å². The van der Waals surface area contributed by atoms with Crippen LogP contribution in [0, 0.1) is 0 Å². The van der Waals surface area contributed by atoms with Gasteiger partial charge in [0.1, 0.15) is 18.0 Å². The summed E-state index contributed by atoms with van der Waals surface area (Å²) < 4.78 is 9.06. The van der Waals surface area contributed by atoms with Crippen molar-refractivity contribution in [3.63, 3.8) is 0 Å². The van der Waals surface area contributed by atoms with Crippen molar-refractivity contribution in [2.45, 2.75) is 25.3 Å². The summed E-state index contributed by atoms with van der Waals surface area (Å²) in [5.74, 6) is 2.72. The predicted octanol–water partition coefficient (Wildman–Crippen LogP) is 0.933. The Morgan fingerprint density at radius 2 is 2.32 bits per heavy atom. The summed E-state index contributed by atoms with van der Waals surface area (Å²) in [7, 11) is 1.72. The lowest BCUT2D eigenvalue weighted by Gasteiger charge is -2.33. The van der Waals surface area contributed by atoms with Gasteiger partial charge in [0.15, 0.2) is 5.65 Å². The van der Waals surface area contributed by atoms with Gasteiger partial charge in [-0.2, -0.15) is 4.98 Å². The number of anilines is 2. The third kappa shape index (κ3) is 3.02. The fourth-order valence-electron chi connectivity index (χ4n) is 3.46. The van der Waals surface area contributed by atoms with E-state index in [9.17, 15) is 0 Å². The highest BCUT2D eigenvalue weighted by Crippen LogP contribution is 2.29. The molecular formula is C16H22N8O. The van der Waals surface area contributed by atoms with Crippen LogP contribution in [-0.2, 0) is 11.3 Å². The Balaban J connectivity index is 1.57. The lowest BCUT2D eigenvalue weighted by Crippen LogP contribution is -2.36. The molecule has 9 heteroatoms. The quantitative estimate of drug-likeness (QED) is 0.736. The fraction of sp³-hybridized carbons (Fsp3) is 0.500. The molecule has 0 aliphatic carbocycles. The Labute approximate surface area is 145 Å². The molecule has 2 N–H and O–H groups in total. The van der Waals surface area contributed by atoms with Crippen LogP contribution in [0.2, 0.25) is 0 Å². The van der Waals surface area contributed by atoms with E-state index >= 15 is 0 Å². The third-order valence-corrected chi connectivity index (χ3v) is 4.70. The van der Waals surface area contributed by atoms with Gasteiger partial charge in [0.2, 0.25) is 5.95 Å². The third-order valence-electron chi connectivity index (χ3n) is 4.70. The van der Waals surface area contributed by atoms with E-state index in [-0.39, 0.29) is 0 Å². The molecule has 1 atom stereocenters. The van der Waals surface area contributed by atoms with E-state index in [1.54, 1.807) is 17.8 Å². The minimum Gasteiger partial charge on any atom is -0.383 e. The normalized spacial score (nSPS) is 18.1. The fourth-order valence-corrected chi connectivity index (χ4v) is 3.46. The molecule has 1 aliphatic heterocycles. The number of ether oxygens (including phenoxy) is 1. The molecule has 0 radical (unpaired) electrons. The molecule has 25 heavy (non-hydrogen) atoms. The van der Waals surface area contributed by atoms with Crippen LogP contribution < -0.4 is 10.6 Å². The average Bonchev–Trinajstić information content (AvgIpc) is 3.29. The van der Waals surface area contributed by atoms with Crippen LogP contribution in [0.5, 0.6) is 0 Å². The summed E-state index contributed by atoms with van der Waals surface area (Å²) in [5.41, 5.74) is 6.75. The minimum absolute atomic E-state index is 0.359. The Hall–Kier alpha value is -2.68. The van der Waals surface area contributed by atoms with Crippen molar-refractivity contribution in [2.24, 2.45) is 0 Å². The molecule has 0 amide bonds. The van der Waals surface area contributed by atoms with Crippen molar-refractivity contribution in [1.29, 1.82) is 0 Å². The van der Waals surface area contributed by atoms with Gasteiger partial charge in [-0.25, -0.2) is 4.98 Å². The summed E-state index contributed by atoms with van der Waals surface area (Å²) >= 11 is 0. The first-order chi connectivity index (χ1) is 12.3. The second-order valence-electron chi connectivity index (χ2n) is 6.29. The van der Waals surface area contributed by atoms with E-state index in [0.29, 0.717) is 24.1 Å². The van der Waals surface area contributed by atoms with Crippen molar-refractivity contribution >= 4 is 17.4 Å². The van der Waals surface area contributed by atoms with Gasteiger partial charge in [0, 0.05) is 51.1 Å². The van der Waals surface area contributed by atoms with Crippen LogP contribution in [0.15, 0.2) is 24.8 Å². The van der Waals surface area contributed by atoms with Crippen LogP contribution in [0.3, 0.4) is 0 Å². The van der Waals surface area contributed by atoms with Gasteiger partial charge >= 0.3 is 0 Å². The van der Waals surface area contributed by atoms with Crippen molar-refractivity contribution in [1.82, 2.24) is 29.1 Å². The molecule has 0 unspecified atom stereocenters. The largest absolute Gasteiger partial charge is 0.383 e. The standard InChI is InChI=1S/C16H22N8O/c1-25-8-7-22-6-4-18-15(22)12-3-2-5-23(10-12)13-9-14-21-19-11-24(14)16(17)20-13/h4,6,9,11-12H,2-3,5,7-8,10H2,1H3,(H2,17,20)/t12-/m0/s1. The SMILES string of the molecule is COCCn1ccnc1[C@H]1CCCN(c2cc3nncn3c(N)n2)C1. The van der Waals surface area contributed by atoms with E-state index in [1.807, 2.05) is 18.5 Å². The highest BCUT2D eigenvalue weighted by Gasteiger charge is 2.26. The number of nitrogens with two attached hydrogens (primary N) is 1. The zero-order valence-corrected chi connectivity index (χ0v) is 14.2. The molecule has 1 saturated heterocycles. The number of imidazole rings is 1. The molecule has 0 bridgehead atoms. The van der Waals surface area contributed by atoms with Crippen LogP contribution >= 0.6 is 0 Å². The molecule has 1 fully saturated rings. The summed E-state index contributed by atoms with van der Waals surface area (Å²) in [6.07, 6.45) is 7.66. The highest BCUT2D eigenvalue weighted by molar-refractivity contribution is 5.55. The smallest absolute Gasteiger partial charge is 0.209 e. The summed E-state index contributed by atoms with van der Waals surface area (Å²) in [6.45, 7) is 3.31. The number of aromatic nitrogens is 6. The van der Waals surface area contributed by atoms with Gasteiger partial charge in [-0.15, -0.1) is 10.2 Å². The molecule has 3 aromatic rings. The number of hydrogen-bond acceptors (Lipinski definition) is 7. The number of fused-ring (bicyclic) bond motifs is 1. The van der Waals surface area contributed by atoms with Gasteiger partial charge in [0.25, 0.3) is 0 Å². The molecule has 0 aromatic carbocycles. The number of methoxy groups -OCH3 is 1. The second-order valence-corrected chi connectivity index (χ2v) is 6.29. The van der Waals surface area contributed by atoms with Gasteiger partial charge in [-0.1, -0.05) is 0 Å². The number of rotatable bonds is 5. The molecule has 0 spiro atoms. The molecule has 132 valence electrons. The molecule has 4 heterocycles. The minimum atomic E-state index is 0.359.